The molecule has 1 N–H and O–H groups in total. The van der Waals surface area contributed by atoms with Crippen molar-refractivity contribution in [3.05, 3.63) is 58.7 Å². The van der Waals surface area contributed by atoms with E-state index >= 15 is 0 Å². The predicted octanol–water partition coefficient (Wildman–Crippen LogP) is 4.29. The van der Waals surface area contributed by atoms with Crippen molar-refractivity contribution in [1.82, 2.24) is 4.90 Å². The van der Waals surface area contributed by atoms with E-state index < -0.39 is 0 Å². The average Bonchev–Trinajstić information content (AvgIpc) is 3.13. The van der Waals surface area contributed by atoms with E-state index in [1.165, 1.54) is 22.5 Å². The third-order valence-electron chi connectivity index (χ3n) is 6.04. The number of nitrogens with one attached hydrogen (secondary N) is 1. The van der Waals surface area contributed by atoms with E-state index in [1.54, 1.807) is 6.07 Å². The molecule has 3 heterocycles. The zero-order valence-corrected chi connectivity index (χ0v) is 17.1. The number of fused-ring (bicyclic) bond motifs is 2. The van der Waals surface area contributed by atoms with Crippen LogP contribution in [0.2, 0.25) is 0 Å². The van der Waals surface area contributed by atoms with Crippen LogP contribution in [0.15, 0.2) is 42.5 Å². The SMILES string of the molecule is O=C1CCc2cccc(CCN3CCN(c4cccc5sc(F)cc45)CC3)c2N1. The zero-order chi connectivity index (χ0) is 19.8. The van der Waals surface area contributed by atoms with Crippen LogP contribution < -0.4 is 10.2 Å². The molecule has 0 radical (unpaired) electrons. The summed E-state index contributed by atoms with van der Waals surface area (Å²) >= 11 is 1.21. The number of rotatable bonds is 4. The molecular formula is C23H24FN3OS. The van der Waals surface area contributed by atoms with E-state index in [1.807, 2.05) is 12.1 Å². The lowest BCUT2D eigenvalue weighted by Gasteiger charge is -2.36. The second kappa shape index (κ2) is 7.76. The summed E-state index contributed by atoms with van der Waals surface area (Å²) in [6.07, 6.45) is 2.36. The van der Waals surface area contributed by atoms with Crippen LogP contribution >= 0.6 is 11.3 Å². The molecule has 0 bridgehead atoms. The topological polar surface area (TPSA) is 35.6 Å². The monoisotopic (exact) mass is 409 g/mol. The number of piperazine rings is 1. The number of carbonyl (C=O) groups excluding carboxylic acids is 1. The molecule has 0 spiro atoms. The fourth-order valence-corrected chi connectivity index (χ4v) is 5.27. The Labute approximate surface area is 173 Å². The number of halogens is 1. The van der Waals surface area contributed by atoms with Crippen molar-refractivity contribution < 1.29 is 9.18 Å². The summed E-state index contributed by atoms with van der Waals surface area (Å²) in [7, 11) is 0. The van der Waals surface area contributed by atoms with Gasteiger partial charge in [0.15, 0.2) is 5.13 Å². The number of nitrogens with zero attached hydrogens (tertiary/aromatic N) is 2. The van der Waals surface area contributed by atoms with Gasteiger partial charge in [0.2, 0.25) is 5.91 Å². The van der Waals surface area contributed by atoms with Gasteiger partial charge < -0.3 is 10.2 Å². The molecule has 1 fully saturated rings. The van der Waals surface area contributed by atoms with E-state index in [2.05, 4.69) is 39.4 Å². The van der Waals surface area contributed by atoms with Crippen molar-refractivity contribution in [1.29, 1.82) is 0 Å². The number of hydrogen-bond donors (Lipinski definition) is 1. The molecule has 29 heavy (non-hydrogen) atoms. The average molecular weight is 410 g/mol. The van der Waals surface area contributed by atoms with Crippen molar-refractivity contribution in [3.8, 4) is 0 Å². The van der Waals surface area contributed by atoms with Gasteiger partial charge in [-0.2, -0.15) is 4.39 Å². The number of para-hydroxylation sites is 1. The Hall–Kier alpha value is -2.44. The maximum Gasteiger partial charge on any atom is 0.224 e. The normalized spacial score (nSPS) is 17.4. The van der Waals surface area contributed by atoms with Gasteiger partial charge in [-0.05, 0) is 42.2 Å². The molecule has 1 saturated heterocycles. The minimum Gasteiger partial charge on any atom is -0.368 e. The second-order valence-corrected chi connectivity index (χ2v) is 8.85. The Morgan fingerprint density at radius 3 is 2.72 bits per heavy atom. The van der Waals surface area contributed by atoms with Gasteiger partial charge in [-0.15, -0.1) is 11.3 Å². The van der Waals surface area contributed by atoms with Crippen LogP contribution in [0.25, 0.3) is 10.1 Å². The van der Waals surface area contributed by atoms with Crippen molar-refractivity contribution in [2.24, 2.45) is 0 Å². The van der Waals surface area contributed by atoms with Gasteiger partial charge in [-0.1, -0.05) is 24.3 Å². The first-order valence-electron chi connectivity index (χ1n) is 10.2. The first-order chi connectivity index (χ1) is 14.2. The van der Waals surface area contributed by atoms with E-state index in [0.29, 0.717) is 6.42 Å². The summed E-state index contributed by atoms with van der Waals surface area (Å²) in [5, 5.41) is 3.97. The Balaban J connectivity index is 1.23. The number of anilines is 2. The Bertz CT molecular complexity index is 1060. The molecule has 4 nitrogen and oxygen atoms in total. The highest BCUT2D eigenvalue weighted by atomic mass is 32.1. The maximum absolute atomic E-state index is 13.7. The molecule has 1 amide bonds. The minimum atomic E-state index is -0.121. The first-order valence-corrected chi connectivity index (χ1v) is 11.0. The number of thiophene rings is 1. The van der Waals surface area contributed by atoms with E-state index in [-0.39, 0.29) is 11.0 Å². The van der Waals surface area contributed by atoms with Crippen molar-refractivity contribution >= 4 is 38.7 Å². The molecule has 150 valence electrons. The zero-order valence-electron chi connectivity index (χ0n) is 16.3. The highest BCUT2D eigenvalue weighted by molar-refractivity contribution is 7.17. The lowest BCUT2D eigenvalue weighted by atomic mass is 9.97. The number of hydrogen-bond acceptors (Lipinski definition) is 4. The number of amides is 1. The molecule has 1 aromatic heterocycles. The lowest BCUT2D eigenvalue weighted by molar-refractivity contribution is -0.116. The quantitative estimate of drug-likeness (QED) is 0.698. The largest absolute Gasteiger partial charge is 0.368 e. The Kier molecular flexibility index (Phi) is 4.97. The Morgan fingerprint density at radius 1 is 1.03 bits per heavy atom. The third kappa shape index (κ3) is 3.74. The van der Waals surface area contributed by atoms with Crippen LogP contribution in [0.4, 0.5) is 15.8 Å². The molecule has 2 aromatic carbocycles. The van der Waals surface area contributed by atoms with Crippen molar-refractivity contribution in [3.63, 3.8) is 0 Å². The molecule has 0 unspecified atom stereocenters. The fraction of sp³-hybridized carbons (Fsp3) is 0.348. The summed E-state index contributed by atoms with van der Waals surface area (Å²) in [6.45, 7) is 4.85. The highest BCUT2D eigenvalue weighted by Crippen LogP contribution is 2.33. The van der Waals surface area contributed by atoms with E-state index in [0.717, 1.165) is 67.0 Å². The molecule has 6 heteroatoms. The molecule has 5 rings (SSSR count). The molecule has 3 aromatic rings. The highest BCUT2D eigenvalue weighted by Gasteiger charge is 2.21. The lowest BCUT2D eigenvalue weighted by Crippen LogP contribution is -2.47. The van der Waals surface area contributed by atoms with Crippen molar-refractivity contribution in [2.45, 2.75) is 19.3 Å². The van der Waals surface area contributed by atoms with Crippen LogP contribution in [-0.4, -0.2) is 43.5 Å². The second-order valence-electron chi connectivity index (χ2n) is 7.82. The minimum absolute atomic E-state index is 0.121. The number of benzene rings is 2. The van der Waals surface area contributed by atoms with Crippen LogP contribution in [-0.2, 0) is 17.6 Å². The molecule has 2 aliphatic heterocycles. The summed E-state index contributed by atoms with van der Waals surface area (Å²) in [4.78, 5) is 16.7. The van der Waals surface area contributed by atoms with Gasteiger partial charge in [0.25, 0.3) is 0 Å². The first kappa shape index (κ1) is 18.6. The maximum atomic E-state index is 13.7. The Morgan fingerprint density at radius 2 is 1.86 bits per heavy atom. The summed E-state index contributed by atoms with van der Waals surface area (Å²) in [5.41, 5.74) is 4.66. The van der Waals surface area contributed by atoms with Gasteiger partial charge in [0, 0.05) is 60.6 Å². The summed E-state index contributed by atoms with van der Waals surface area (Å²) < 4.78 is 14.7. The van der Waals surface area contributed by atoms with Gasteiger partial charge in [-0.3, -0.25) is 9.69 Å². The van der Waals surface area contributed by atoms with Gasteiger partial charge in [-0.25, -0.2) is 0 Å². The standard InChI is InChI=1S/C23H24FN3OS/c24-21-15-18-19(5-2-6-20(18)29-21)27-13-11-26(12-14-27)10-9-17-4-1-3-16-7-8-22(28)25-23(16)17/h1-6,15H,7-14H2,(H,25,28). The van der Waals surface area contributed by atoms with Crippen LogP contribution in [0, 0.1) is 5.13 Å². The fourth-order valence-electron chi connectivity index (χ4n) is 4.46. The number of carbonyl (C=O) groups is 1. The van der Waals surface area contributed by atoms with Crippen LogP contribution in [0.5, 0.6) is 0 Å². The molecular weight excluding hydrogens is 385 g/mol. The van der Waals surface area contributed by atoms with Crippen LogP contribution in [0.3, 0.4) is 0 Å². The smallest absolute Gasteiger partial charge is 0.224 e. The van der Waals surface area contributed by atoms with Gasteiger partial charge >= 0.3 is 0 Å². The number of aryl methyl sites for hydroxylation is 1. The van der Waals surface area contributed by atoms with Gasteiger partial charge in [0.1, 0.15) is 0 Å². The summed E-state index contributed by atoms with van der Waals surface area (Å²) in [5.74, 6) is 0.123. The van der Waals surface area contributed by atoms with E-state index in [9.17, 15) is 9.18 Å². The van der Waals surface area contributed by atoms with Crippen molar-refractivity contribution in [2.75, 3.05) is 42.9 Å². The molecule has 0 atom stereocenters. The third-order valence-corrected chi connectivity index (χ3v) is 6.93. The predicted molar refractivity (Wildman–Crippen MR) is 118 cm³/mol. The van der Waals surface area contributed by atoms with Gasteiger partial charge in [0.05, 0.1) is 0 Å². The summed E-state index contributed by atoms with van der Waals surface area (Å²) in [6, 6.07) is 14.1. The molecule has 0 aliphatic carbocycles. The van der Waals surface area contributed by atoms with Crippen LogP contribution in [0.1, 0.15) is 17.5 Å². The molecule has 2 aliphatic rings. The van der Waals surface area contributed by atoms with E-state index in [4.69, 9.17) is 0 Å². The molecule has 0 saturated carbocycles.